The molecule has 10 nitrogen and oxygen atoms in total. The summed E-state index contributed by atoms with van der Waals surface area (Å²) in [4.78, 5) is 37.3. The molecule has 2 fully saturated rings. The van der Waals surface area contributed by atoms with Crippen LogP contribution in [0, 0.1) is 0 Å². The first-order valence-electron chi connectivity index (χ1n) is 14.1. The Morgan fingerprint density at radius 1 is 0.974 bits per heavy atom. The van der Waals surface area contributed by atoms with Crippen molar-refractivity contribution in [2.75, 3.05) is 0 Å². The SMILES string of the molecule is CCC(C[SiH3])Oc1ccc(OC(=O)NC(NC(C)=O)C(C)(C)NC(=O)OC2CCC(OC3CC([SiH3])C3)C2)cc1. The van der Waals surface area contributed by atoms with E-state index in [1.807, 2.05) is 0 Å². The van der Waals surface area contributed by atoms with Crippen LogP contribution >= 0.6 is 0 Å². The van der Waals surface area contributed by atoms with Crippen LogP contribution in [-0.4, -0.2) is 74.7 Å². The molecule has 0 bridgehead atoms. The number of hydrogen-bond donors (Lipinski definition) is 3. The van der Waals surface area contributed by atoms with E-state index < -0.39 is 23.9 Å². The van der Waals surface area contributed by atoms with E-state index in [-0.39, 0.29) is 24.2 Å². The molecular weight excluding hydrogens is 534 g/mol. The molecule has 0 aromatic heterocycles. The molecule has 3 N–H and O–H groups in total. The minimum atomic E-state index is -1.08. The highest BCUT2D eigenvalue weighted by molar-refractivity contribution is 6.12. The van der Waals surface area contributed by atoms with Gasteiger partial charge in [-0.25, -0.2) is 9.59 Å². The second-order valence-electron chi connectivity index (χ2n) is 11.3. The Morgan fingerprint density at radius 3 is 2.21 bits per heavy atom. The molecule has 0 aliphatic heterocycles. The van der Waals surface area contributed by atoms with Crippen molar-refractivity contribution in [3.05, 3.63) is 24.3 Å². The van der Waals surface area contributed by atoms with Crippen LogP contribution in [0.5, 0.6) is 11.5 Å². The lowest BCUT2D eigenvalue weighted by Crippen LogP contribution is -2.66. The van der Waals surface area contributed by atoms with Crippen molar-refractivity contribution in [3.8, 4) is 11.5 Å². The van der Waals surface area contributed by atoms with Gasteiger partial charge in [0.15, 0.2) is 0 Å². The van der Waals surface area contributed by atoms with Crippen molar-refractivity contribution in [2.45, 2.75) is 114 Å². The van der Waals surface area contributed by atoms with E-state index in [0.29, 0.717) is 24.0 Å². The molecule has 1 aromatic rings. The minimum Gasteiger partial charge on any atom is -0.491 e. The van der Waals surface area contributed by atoms with Gasteiger partial charge in [0.05, 0.1) is 23.9 Å². The van der Waals surface area contributed by atoms with Gasteiger partial charge in [-0.1, -0.05) is 6.92 Å². The van der Waals surface area contributed by atoms with E-state index in [1.165, 1.54) is 17.2 Å². The van der Waals surface area contributed by atoms with Gasteiger partial charge in [0, 0.05) is 33.8 Å². The molecule has 1 aromatic carbocycles. The van der Waals surface area contributed by atoms with Crippen molar-refractivity contribution >= 4 is 38.6 Å². The van der Waals surface area contributed by atoms with Crippen LogP contribution in [-0.2, 0) is 14.3 Å². The molecule has 3 amide bonds. The van der Waals surface area contributed by atoms with Gasteiger partial charge in [0.1, 0.15) is 23.8 Å². The van der Waals surface area contributed by atoms with Gasteiger partial charge in [-0.2, -0.15) is 0 Å². The Morgan fingerprint density at radius 2 is 1.62 bits per heavy atom. The number of carbonyl (C=O) groups excluding carboxylic acids is 3. The normalized spacial score (nSPS) is 24.2. The quantitative estimate of drug-likeness (QED) is 0.255. The van der Waals surface area contributed by atoms with Crippen molar-refractivity contribution in [2.24, 2.45) is 0 Å². The zero-order valence-corrected chi connectivity index (χ0v) is 28.1. The van der Waals surface area contributed by atoms with Gasteiger partial charge in [-0.3, -0.25) is 10.1 Å². The van der Waals surface area contributed by atoms with E-state index in [4.69, 9.17) is 18.9 Å². The number of nitrogens with one attached hydrogen (secondary N) is 3. The zero-order chi connectivity index (χ0) is 28.6. The molecule has 2 aliphatic carbocycles. The molecule has 4 atom stereocenters. The lowest BCUT2D eigenvalue weighted by Gasteiger charge is -2.35. The Balaban J connectivity index is 1.50. The lowest BCUT2D eigenvalue weighted by molar-refractivity contribution is -0.120. The summed E-state index contributed by atoms with van der Waals surface area (Å²) in [6, 6.07) is 7.84. The van der Waals surface area contributed by atoms with Crippen molar-refractivity contribution in [1.82, 2.24) is 16.0 Å². The monoisotopic (exact) mass is 579 g/mol. The Labute approximate surface area is 237 Å². The molecule has 0 heterocycles. The van der Waals surface area contributed by atoms with Gasteiger partial charge in [0.25, 0.3) is 0 Å². The fraction of sp³-hybridized carbons (Fsp3) is 0.667. The lowest BCUT2D eigenvalue weighted by atomic mass is 9.95. The fourth-order valence-corrected chi connectivity index (χ4v) is 6.74. The zero-order valence-electron chi connectivity index (χ0n) is 24.1. The summed E-state index contributed by atoms with van der Waals surface area (Å²) >= 11 is 0. The number of benzene rings is 1. The Bertz CT molecular complexity index is 969. The van der Waals surface area contributed by atoms with Crippen LogP contribution in [0.25, 0.3) is 0 Å². The molecule has 0 saturated heterocycles. The number of hydrogen-bond acceptors (Lipinski definition) is 7. The predicted octanol–water partition coefficient (Wildman–Crippen LogP) is 1.94. The smallest absolute Gasteiger partial charge is 0.414 e. The summed E-state index contributed by atoms with van der Waals surface area (Å²) in [7, 11) is 2.28. The third-order valence-electron chi connectivity index (χ3n) is 7.33. The molecule has 2 aliphatic rings. The van der Waals surface area contributed by atoms with Gasteiger partial charge in [-0.15, -0.1) is 0 Å². The maximum Gasteiger partial charge on any atom is 0.414 e. The first-order chi connectivity index (χ1) is 18.5. The highest BCUT2D eigenvalue weighted by Crippen LogP contribution is 2.36. The molecule has 0 radical (unpaired) electrons. The van der Waals surface area contributed by atoms with Crippen LogP contribution in [0.2, 0.25) is 11.6 Å². The third-order valence-corrected chi connectivity index (χ3v) is 9.18. The second-order valence-corrected chi connectivity index (χ2v) is 13.8. The third kappa shape index (κ3) is 9.84. The van der Waals surface area contributed by atoms with Crippen LogP contribution in [0.4, 0.5) is 9.59 Å². The highest BCUT2D eigenvalue weighted by atomic mass is 28.1. The van der Waals surface area contributed by atoms with Gasteiger partial charge >= 0.3 is 12.2 Å². The van der Waals surface area contributed by atoms with Crippen molar-refractivity contribution in [3.63, 3.8) is 0 Å². The van der Waals surface area contributed by atoms with Crippen LogP contribution in [0.3, 0.4) is 0 Å². The van der Waals surface area contributed by atoms with Crippen molar-refractivity contribution < 1.29 is 33.3 Å². The maximum atomic E-state index is 12.7. The standard InChI is InChI=1S/C27H45N3O7Si2/c1-5-17(15-38)34-18-6-8-19(9-7-18)36-25(32)29-24(28-16(2)31)27(3,4)30-26(33)37-21-11-10-20(12-21)35-22-13-23(39)14-22/h6-9,17,20-24H,5,10-15H2,1-4,38-39H3,(H,28,31)(H,29,32)(H,30,33). The second kappa shape index (κ2) is 14.2. The molecule has 0 spiro atoms. The summed E-state index contributed by atoms with van der Waals surface area (Å²) in [6.07, 6.45) is 3.63. The van der Waals surface area contributed by atoms with Crippen LogP contribution < -0.4 is 25.4 Å². The van der Waals surface area contributed by atoms with E-state index in [2.05, 4.69) is 22.9 Å². The van der Waals surface area contributed by atoms with Gasteiger partial charge in [-0.05, 0) is 81.8 Å². The van der Waals surface area contributed by atoms with Gasteiger partial charge < -0.3 is 29.6 Å². The average Bonchev–Trinajstić information content (AvgIpc) is 3.28. The van der Waals surface area contributed by atoms with E-state index in [0.717, 1.165) is 53.9 Å². The molecule has 4 unspecified atom stereocenters. The number of alkyl carbamates (subject to hydrolysis) is 1. The summed E-state index contributed by atoms with van der Waals surface area (Å²) < 4.78 is 23.1. The fourth-order valence-electron chi connectivity index (χ4n) is 4.95. The van der Waals surface area contributed by atoms with E-state index >= 15 is 0 Å². The van der Waals surface area contributed by atoms with E-state index in [9.17, 15) is 14.4 Å². The maximum absolute atomic E-state index is 12.7. The molecular formula is C27H45N3O7Si2. The molecule has 39 heavy (non-hydrogen) atoms. The summed E-state index contributed by atoms with van der Waals surface area (Å²) in [5.41, 5.74) is -0.224. The summed E-state index contributed by atoms with van der Waals surface area (Å²) in [5, 5.41) is 8.09. The average molecular weight is 580 g/mol. The molecule has 218 valence electrons. The summed E-state index contributed by atoms with van der Waals surface area (Å²) in [5.74, 6) is 0.657. The van der Waals surface area contributed by atoms with Crippen LogP contribution in [0.1, 0.15) is 66.2 Å². The Kier molecular flexibility index (Phi) is 11.2. The van der Waals surface area contributed by atoms with Crippen LogP contribution in [0.15, 0.2) is 24.3 Å². The summed E-state index contributed by atoms with van der Waals surface area (Å²) in [6.45, 7) is 6.79. The minimum absolute atomic E-state index is 0.126. The number of rotatable bonds is 12. The van der Waals surface area contributed by atoms with E-state index in [1.54, 1.807) is 38.1 Å². The predicted molar refractivity (Wildman–Crippen MR) is 156 cm³/mol. The number of amides is 3. The Hall–Kier alpha value is -2.58. The first-order valence-corrected chi connectivity index (χ1v) is 16.7. The molecule has 12 heteroatoms. The molecule has 2 saturated carbocycles. The van der Waals surface area contributed by atoms with Crippen molar-refractivity contribution in [1.29, 1.82) is 0 Å². The number of carbonyl (C=O) groups is 3. The molecule has 3 rings (SSSR count). The largest absolute Gasteiger partial charge is 0.491 e. The number of ether oxygens (including phenoxy) is 4. The topological polar surface area (TPSA) is 124 Å². The van der Waals surface area contributed by atoms with Gasteiger partial charge in [0.2, 0.25) is 5.91 Å². The highest BCUT2D eigenvalue weighted by Gasteiger charge is 2.37. The first kappa shape index (κ1) is 31.0.